The van der Waals surface area contributed by atoms with Crippen molar-refractivity contribution in [3.05, 3.63) is 102 Å². The molecular weight excluding hydrogens is 552 g/mol. The van der Waals surface area contributed by atoms with Crippen molar-refractivity contribution in [2.75, 3.05) is 31.6 Å². The van der Waals surface area contributed by atoms with E-state index in [0.717, 1.165) is 43.4 Å². The minimum atomic E-state index is -0.705. The van der Waals surface area contributed by atoms with Crippen molar-refractivity contribution in [3.8, 4) is 0 Å². The Morgan fingerprint density at radius 1 is 0.932 bits per heavy atom. The van der Waals surface area contributed by atoms with Gasteiger partial charge in [-0.1, -0.05) is 66.7 Å². The topological polar surface area (TPSA) is 77.0 Å². The Kier molecular flexibility index (Phi) is 10.5. The molecule has 0 radical (unpaired) electrons. The molecule has 3 aromatic carbocycles. The second-order valence-corrected chi connectivity index (χ2v) is 12.6. The Balaban J connectivity index is 1.22. The SMILES string of the molecule is CN(CCCCc1ccccc1)c1ncc(C2CCN(OC(=O)OC(C)(C)C)CC2OCc2ccc3ccccc3c2)cn1. The van der Waals surface area contributed by atoms with E-state index in [-0.39, 0.29) is 12.0 Å². The summed E-state index contributed by atoms with van der Waals surface area (Å²) in [6.07, 6.45) is 6.89. The summed E-state index contributed by atoms with van der Waals surface area (Å²) in [5, 5.41) is 4.02. The summed E-state index contributed by atoms with van der Waals surface area (Å²) in [5.74, 6) is 0.770. The maximum Gasteiger partial charge on any atom is 0.528 e. The maximum absolute atomic E-state index is 12.4. The molecule has 44 heavy (non-hydrogen) atoms. The van der Waals surface area contributed by atoms with E-state index in [4.69, 9.17) is 24.3 Å². The summed E-state index contributed by atoms with van der Waals surface area (Å²) < 4.78 is 11.9. The molecule has 1 aliphatic rings. The number of aryl methyl sites for hydroxylation is 1. The predicted octanol–water partition coefficient (Wildman–Crippen LogP) is 7.33. The van der Waals surface area contributed by atoms with Crippen LogP contribution in [0.4, 0.5) is 10.7 Å². The third kappa shape index (κ3) is 9.00. The molecule has 0 amide bonds. The molecule has 2 atom stereocenters. The summed E-state index contributed by atoms with van der Waals surface area (Å²) in [5.41, 5.74) is 2.85. The van der Waals surface area contributed by atoms with Crippen molar-refractivity contribution in [2.24, 2.45) is 0 Å². The highest BCUT2D eigenvalue weighted by Crippen LogP contribution is 2.31. The van der Waals surface area contributed by atoms with Crippen LogP contribution >= 0.6 is 0 Å². The number of hydrogen-bond acceptors (Lipinski definition) is 8. The van der Waals surface area contributed by atoms with Gasteiger partial charge in [0.2, 0.25) is 5.95 Å². The van der Waals surface area contributed by atoms with Crippen molar-refractivity contribution < 1.29 is 19.1 Å². The van der Waals surface area contributed by atoms with Crippen LogP contribution in [0.15, 0.2) is 85.2 Å². The van der Waals surface area contributed by atoms with Gasteiger partial charge in [-0.3, -0.25) is 0 Å². The second kappa shape index (κ2) is 14.6. The highest BCUT2D eigenvalue weighted by atomic mass is 16.8. The van der Waals surface area contributed by atoms with Crippen LogP contribution in [0.25, 0.3) is 10.8 Å². The van der Waals surface area contributed by atoms with Crippen LogP contribution in [0.2, 0.25) is 0 Å². The normalized spacial score (nSPS) is 17.4. The van der Waals surface area contributed by atoms with E-state index in [1.54, 1.807) is 5.06 Å². The Morgan fingerprint density at radius 2 is 1.66 bits per heavy atom. The van der Waals surface area contributed by atoms with Gasteiger partial charge in [-0.25, -0.2) is 14.8 Å². The number of rotatable bonds is 11. The van der Waals surface area contributed by atoms with E-state index in [0.29, 0.717) is 25.6 Å². The summed E-state index contributed by atoms with van der Waals surface area (Å²) in [7, 11) is 2.04. The van der Waals surface area contributed by atoms with Crippen LogP contribution < -0.4 is 4.90 Å². The number of nitrogens with zero attached hydrogens (tertiary/aromatic N) is 4. The third-order valence-electron chi connectivity index (χ3n) is 7.87. The largest absolute Gasteiger partial charge is 0.528 e. The molecule has 5 rings (SSSR count). The molecule has 0 spiro atoms. The number of carbonyl (C=O) groups excluding carboxylic acids is 1. The minimum Gasteiger partial charge on any atom is -0.427 e. The van der Waals surface area contributed by atoms with Crippen LogP contribution in [-0.4, -0.2) is 59.6 Å². The number of piperidine rings is 1. The molecule has 0 N–H and O–H groups in total. The Labute approximate surface area is 260 Å². The number of aromatic nitrogens is 2. The van der Waals surface area contributed by atoms with Gasteiger partial charge in [-0.15, -0.1) is 5.06 Å². The molecule has 8 heteroatoms. The molecule has 0 aliphatic carbocycles. The monoisotopic (exact) mass is 596 g/mol. The highest BCUT2D eigenvalue weighted by Gasteiger charge is 2.34. The van der Waals surface area contributed by atoms with E-state index in [9.17, 15) is 4.79 Å². The lowest BCUT2D eigenvalue weighted by atomic mass is 9.89. The summed E-state index contributed by atoms with van der Waals surface area (Å²) >= 11 is 0. The first-order valence-corrected chi connectivity index (χ1v) is 15.6. The van der Waals surface area contributed by atoms with Gasteiger partial charge in [-0.05, 0) is 80.0 Å². The van der Waals surface area contributed by atoms with Crippen molar-refractivity contribution >= 4 is 22.9 Å². The molecule has 1 aliphatic heterocycles. The van der Waals surface area contributed by atoms with Gasteiger partial charge >= 0.3 is 6.16 Å². The quantitative estimate of drug-likeness (QED) is 0.132. The number of benzene rings is 3. The lowest BCUT2D eigenvalue weighted by Crippen LogP contribution is -2.45. The molecule has 1 saturated heterocycles. The number of hydrogen-bond donors (Lipinski definition) is 0. The fourth-order valence-electron chi connectivity index (χ4n) is 5.57. The van der Waals surface area contributed by atoms with E-state index >= 15 is 0 Å². The van der Waals surface area contributed by atoms with Crippen LogP contribution in [-0.2, 0) is 27.3 Å². The lowest BCUT2D eigenvalue weighted by molar-refractivity contribution is -0.179. The summed E-state index contributed by atoms with van der Waals surface area (Å²) in [6.45, 7) is 7.77. The smallest absolute Gasteiger partial charge is 0.427 e. The number of carbonyl (C=O) groups is 1. The average molecular weight is 597 g/mol. The number of ether oxygens (including phenoxy) is 2. The van der Waals surface area contributed by atoms with Crippen molar-refractivity contribution in [1.82, 2.24) is 15.0 Å². The second-order valence-electron chi connectivity index (χ2n) is 12.6. The average Bonchev–Trinajstić information content (AvgIpc) is 3.01. The molecule has 4 aromatic rings. The lowest BCUT2D eigenvalue weighted by Gasteiger charge is -2.37. The molecule has 0 bridgehead atoms. The van der Waals surface area contributed by atoms with E-state index in [1.807, 2.05) is 52.3 Å². The van der Waals surface area contributed by atoms with Crippen LogP contribution in [0.5, 0.6) is 0 Å². The first kappa shape index (κ1) is 31.4. The number of unbranched alkanes of at least 4 members (excludes halogenated alkanes) is 1. The molecule has 2 heterocycles. The number of anilines is 1. The number of fused-ring (bicyclic) bond motifs is 1. The van der Waals surface area contributed by atoms with Crippen molar-refractivity contribution in [1.29, 1.82) is 0 Å². The van der Waals surface area contributed by atoms with Gasteiger partial charge < -0.3 is 19.2 Å². The molecule has 1 aromatic heterocycles. The van der Waals surface area contributed by atoms with E-state index < -0.39 is 11.8 Å². The standard InChI is InChI=1S/C36H44N4O4/c1-36(2,3)43-35(41)44-40-21-19-32(33(25-40)42-26-28-17-18-29-15-8-9-16-30(29)22-28)31-23-37-34(38-24-31)39(4)20-11-10-14-27-12-6-5-7-13-27/h5-9,12-13,15-18,22-24,32-33H,10-11,14,19-21,25-26H2,1-4H3. The molecular formula is C36H44N4O4. The van der Waals surface area contributed by atoms with E-state index in [2.05, 4.69) is 65.6 Å². The molecule has 8 nitrogen and oxygen atoms in total. The maximum atomic E-state index is 12.4. The van der Waals surface area contributed by atoms with Gasteiger partial charge in [0.15, 0.2) is 0 Å². The fourth-order valence-corrected chi connectivity index (χ4v) is 5.57. The van der Waals surface area contributed by atoms with Crippen molar-refractivity contribution in [3.63, 3.8) is 0 Å². The molecule has 0 saturated carbocycles. The zero-order chi connectivity index (χ0) is 30.9. The van der Waals surface area contributed by atoms with E-state index in [1.165, 1.54) is 16.3 Å². The minimum absolute atomic E-state index is 0.0548. The molecule has 2 unspecified atom stereocenters. The third-order valence-corrected chi connectivity index (χ3v) is 7.87. The summed E-state index contributed by atoms with van der Waals surface area (Å²) in [4.78, 5) is 29.5. The van der Waals surface area contributed by atoms with Gasteiger partial charge in [0, 0.05) is 38.4 Å². The first-order chi connectivity index (χ1) is 21.2. The van der Waals surface area contributed by atoms with Crippen LogP contribution in [0.3, 0.4) is 0 Å². The summed E-state index contributed by atoms with van der Waals surface area (Å²) in [6, 6.07) is 25.3. The number of hydroxylamine groups is 2. The van der Waals surface area contributed by atoms with Gasteiger partial charge in [-0.2, -0.15) is 0 Å². The highest BCUT2D eigenvalue weighted by molar-refractivity contribution is 5.82. The Morgan fingerprint density at radius 3 is 2.41 bits per heavy atom. The van der Waals surface area contributed by atoms with Gasteiger partial charge in [0.1, 0.15) is 5.60 Å². The fraction of sp³-hybridized carbons (Fsp3) is 0.417. The Hall–Kier alpha value is -4.01. The van der Waals surface area contributed by atoms with Crippen LogP contribution in [0.1, 0.15) is 62.6 Å². The zero-order valence-corrected chi connectivity index (χ0v) is 26.3. The zero-order valence-electron chi connectivity index (χ0n) is 26.3. The van der Waals surface area contributed by atoms with Gasteiger partial charge in [0.25, 0.3) is 0 Å². The van der Waals surface area contributed by atoms with Crippen molar-refractivity contribution in [2.45, 2.75) is 70.7 Å². The Bertz CT molecular complexity index is 1490. The van der Waals surface area contributed by atoms with Crippen LogP contribution in [0, 0.1) is 0 Å². The predicted molar refractivity (Wildman–Crippen MR) is 173 cm³/mol. The molecule has 1 fully saturated rings. The molecule has 232 valence electrons. The van der Waals surface area contributed by atoms with Gasteiger partial charge in [0.05, 0.1) is 19.3 Å². The first-order valence-electron chi connectivity index (χ1n) is 15.6.